The third-order valence-corrected chi connectivity index (χ3v) is 3.64. The molecule has 0 bridgehead atoms. The molecular formula is C13H26N2O2. The SMILES string of the molecule is CCOCCCNC(=O)C1(CN)CCCCC1. The second kappa shape index (κ2) is 7.67. The van der Waals surface area contributed by atoms with Crippen molar-refractivity contribution in [1.29, 1.82) is 0 Å². The third kappa shape index (κ3) is 4.28. The van der Waals surface area contributed by atoms with Gasteiger partial charge in [0.25, 0.3) is 0 Å². The van der Waals surface area contributed by atoms with Crippen LogP contribution in [0.1, 0.15) is 45.4 Å². The lowest BCUT2D eigenvalue weighted by Gasteiger charge is -2.34. The Morgan fingerprint density at radius 1 is 1.35 bits per heavy atom. The molecule has 1 rings (SSSR count). The van der Waals surface area contributed by atoms with E-state index in [1.165, 1.54) is 6.42 Å². The van der Waals surface area contributed by atoms with E-state index in [1.54, 1.807) is 0 Å². The minimum Gasteiger partial charge on any atom is -0.382 e. The highest BCUT2D eigenvalue weighted by molar-refractivity contribution is 5.82. The molecule has 0 atom stereocenters. The monoisotopic (exact) mass is 242 g/mol. The van der Waals surface area contributed by atoms with Gasteiger partial charge in [0, 0.05) is 26.3 Å². The van der Waals surface area contributed by atoms with Crippen molar-refractivity contribution in [2.24, 2.45) is 11.1 Å². The second-order valence-corrected chi connectivity index (χ2v) is 4.85. The van der Waals surface area contributed by atoms with Gasteiger partial charge < -0.3 is 15.8 Å². The maximum atomic E-state index is 12.2. The van der Waals surface area contributed by atoms with E-state index in [0.29, 0.717) is 19.7 Å². The lowest BCUT2D eigenvalue weighted by Crippen LogP contribution is -2.47. The van der Waals surface area contributed by atoms with Gasteiger partial charge in [-0.1, -0.05) is 19.3 Å². The van der Waals surface area contributed by atoms with Crippen LogP contribution in [-0.2, 0) is 9.53 Å². The van der Waals surface area contributed by atoms with Crippen LogP contribution < -0.4 is 11.1 Å². The molecule has 0 unspecified atom stereocenters. The Labute approximate surface area is 104 Å². The average molecular weight is 242 g/mol. The predicted molar refractivity (Wildman–Crippen MR) is 68.7 cm³/mol. The molecule has 0 heterocycles. The fraction of sp³-hybridized carbons (Fsp3) is 0.923. The summed E-state index contributed by atoms with van der Waals surface area (Å²) in [7, 11) is 0. The van der Waals surface area contributed by atoms with Gasteiger partial charge in [0.2, 0.25) is 5.91 Å². The number of ether oxygens (including phenoxy) is 1. The van der Waals surface area contributed by atoms with Gasteiger partial charge in [0.15, 0.2) is 0 Å². The fourth-order valence-corrected chi connectivity index (χ4v) is 2.46. The summed E-state index contributed by atoms with van der Waals surface area (Å²) in [4.78, 5) is 12.2. The molecule has 1 amide bonds. The number of hydrogen-bond donors (Lipinski definition) is 2. The van der Waals surface area contributed by atoms with E-state index in [2.05, 4.69) is 5.32 Å². The van der Waals surface area contributed by atoms with Crippen LogP contribution in [0.2, 0.25) is 0 Å². The van der Waals surface area contributed by atoms with Crippen molar-refractivity contribution in [2.75, 3.05) is 26.3 Å². The highest BCUT2D eigenvalue weighted by Crippen LogP contribution is 2.35. The Kier molecular flexibility index (Phi) is 6.52. The van der Waals surface area contributed by atoms with E-state index in [9.17, 15) is 4.79 Å². The Hall–Kier alpha value is -0.610. The molecular weight excluding hydrogens is 216 g/mol. The molecule has 3 N–H and O–H groups in total. The van der Waals surface area contributed by atoms with E-state index < -0.39 is 0 Å². The highest BCUT2D eigenvalue weighted by atomic mass is 16.5. The van der Waals surface area contributed by atoms with Crippen molar-refractivity contribution in [3.63, 3.8) is 0 Å². The molecule has 1 fully saturated rings. The lowest BCUT2D eigenvalue weighted by atomic mass is 9.73. The molecule has 0 aromatic rings. The summed E-state index contributed by atoms with van der Waals surface area (Å²) in [5.74, 6) is 0.149. The second-order valence-electron chi connectivity index (χ2n) is 4.85. The first-order valence-electron chi connectivity index (χ1n) is 6.81. The zero-order chi connectivity index (χ0) is 12.6. The Bertz CT molecular complexity index is 225. The molecule has 1 aliphatic carbocycles. The van der Waals surface area contributed by atoms with Crippen molar-refractivity contribution >= 4 is 5.91 Å². The summed E-state index contributed by atoms with van der Waals surface area (Å²) >= 11 is 0. The average Bonchev–Trinajstić information content (AvgIpc) is 2.39. The molecule has 1 aliphatic rings. The lowest BCUT2D eigenvalue weighted by molar-refractivity contribution is -0.132. The number of nitrogens with one attached hydrogen (secondary N) is 1. The maximum Gasteiger partial charge on any atom is 0.227 e. The summed E-state index contributed by atoms with van der Waals surface area (Å²) in [6.07, 6.45) is 6.26. The summed E-state index contributed by atoms with van der Waals surface area (Å²) in [6.45, 7) is 4.60. The van der Waals surface area contributed by atoms with E-state index in [0.717, 1.165) is 38.7 Å². The number of hydrogen-bond acceptors (Lipinski definition) is 3. The fourth-order valence-electron chi connectivity index (χ4n) is 2.46. The molecule has 0 aromatic heterocycles. The first kappa shape index (κ1) is 14.5. The van der Waals surface area contributed by atoms with Crippen LogP contribution in [0.5, 0.6) is 0 Å². The third-order valence-electron chi connectivity index (χ3n) is 3.64. The molecule has 4 nitrogen and oxygen atoms in total. The minimum absolute atomic E-state index is 0.149. The van der Waals surface area contributed by atoms with Gasteiger partial charge in [-0.25, -0.2) is 0 Å². The first-order chi connectivity index (χ1) is 8.25. The van der Waals surface area contributed by atoms with Crippen molar-refractivity contribution in [1.82, 2.24) is 5.32 Å². The molecule has 0 aromatic carbocycles. The summed E-state index contributed by atoms with van der Waals surface area (Å²) in [5.41, 5.74) is 5.52. The van der Waals surface area contributed by atoms with Gasteiger partial charge in [0.1, 0.15) is 0 Å². The van der Waals surface area contributed by atoms with E-state index in [-0.39, 0.29) is 11.3 Å². The van der Waals surface area contributed by atoms with E-state index in [1.807, 2.05) is 6.92 Å². The van der Waals surface area contributed by atoms with E-state index >= 15 is 0 Å². The van der Waals surface area contributed by atoms with Crippen molar-refractivity contribution < 1.29 is 9.53 Å². The molecule has 0 saturated heterocycles. The molecule has 1 saturated carbocycles. The van der Waals surface area contributed by atoms with Gasteiger partial charge in [-0.3, -0.25) is 4.79 Å². The minimum atomic E-state index is -0.288. The Morgan fingerprint density at radius 2 is 2.06 bits per heavy atom. The van der Waals surface area contributed by atoms with Gasteiger partial charge in [-0.05, 0) is 26.2 Å². The van der Waals surface area contributed by atoms with Crippen LogP contribution in [-0.4, -0.2) is 32.2 Å². The predicted octanol–water partition coefficient (Wildman–Crippen LogP) is 1.44. The summed E-state index contributed by atoms with van der Waals surface area (Å²) in [5, 5.41) is 3.00. The largest absolute Gasteiger partial charge is 0.382 e. The zero-order valence-corrected chi connectivity index (χ0v) is 11.0. The van der Waals surface area contributed by atoms with Crippen LogP contribution in [0.4, 0.5) is 0 Å². The number of carbonyl (C=O) groups is 1. The molecule has 100 valence electrons. The van der Waals surface area contributed by atoms with Crippen molar-refractivity contribution in [3.05, 3.63) is 0 Å². The van der Waals surface area contributed by atoms with Crippen LogP contribution in [0, 0.1) is 5.41 Å². The molecule has 4 heteroatoms. The van der Waals surface area contributed by atoms with Gasteiger partial charge in [-0.2, -0.15) is 0 Å². The number of nitrogens with two attached hydrogens (primary N) is 1. The Balaban J connectivity index is 2.28. The normalized spacial score (nSPS) is 18.9. The van der Waals surface area contributed by atoms with Gasteiger partial charge >= 0.3 is 0 Å². The number of amides is 1. The molecule has 0 spiro atoms. The van der Waals surface area contributed by atoms with Gasteiger partial charge in [0.05, 0.1) is 5.41 Å². The van der Waals surface area contributed by atoms with Crippen LogP contribution >= 0.6 is 0 Å². The zero-order valence-electron chi connectivity index (χ0n) is 11.0. The Morgan fingerprint density at radius 3 is 2.65 bits per heavy atom. The molecule has 17 heavy (non-hydrogen) atoms. The summed E-state index contributed by atoms with van der Waals surface area (Å²) in [6, 6.07) is 0. The highest BCUT2D eigenvalue weighted by Gasteiger charge is 2.37. The van der Waals surface area contributed by atoms with Crippen LogP contribution in [0.3, 0.4) is 0 Å². The van der Waals surface area contributed by atoms with Crippen LogP contribution in [0.15, 0.2) is 0 Å². The standard InChI is InChI=1S/C13H26N2O2/c1-2-17-10-6-9-15-12(16)13(11-14)7-4-3-5-8-13/h2-11,14H2,1H3,(H,15,16). The van der Waals surface area contributed by atoms with Gasteiger partial charge in [-0.15, -0.1) is 0 Å². The van der Waals surface area contributed by atoms with Crippen LogP contribution in [0.25, 0.3) is 0 Å². The molecule has 0 radical (unpaired) electrons. The smallest absolute Gasteiger partial charge is 0.227 e. The molecule has 0 aliphatic heterocycles. The topological polar surface area (TPSA) is 64.3 Å². The van der Waals surface area contributed by atoms with E-state index in [4.69, 9.17) is 10.5 Å². The quantitative estimate of drug-likeness (QED) is 0.664. The summed E-state index contributed by atoms with van der Waals surface area (Å²) < 4.78 is 5.24. The maximum absolute atomic E-state index is 12.2. The number of rotatable bonds is 7. The first-order valence-corrected chi connectivity index (χ1v) is 6.81. The van der Waals surface area contributed by atoms with Crippen molar-refractivity contribution in [2.45, 2.75) is 45.4 Å². The van der Waals surface area contributed by atoms with Crippen molar-refractivity contribution in [3.8, 4) is 0 Å². The number of carbonyl (C=O) groups excluding carboxylic acids is 1.